The van der Waals surface area contributed by atoms with E-state index in [1.165, 1.54) is 0 Å². The number of hydrogen-bond donors (Lipinski definition) is 2. The number of sulfone groups is 1. The number of hydrogen-bond acceptors (Lipinski definition) is 6. The molecule has 19 heavy (non-hydrogen) atoms. The summed E-state index contributed by atoms with van der Waals surface area (Å²) in [5.74, 6) is 0.449. The van der Waals surface area contributed by atoms with Gasteiger partial charge in [-0.15, -0.1) is 0 Å². The fourth-order valence-corrected chi connectivity index (χ4v) is 4.28. The van der Waals surface area contributed by atoms with Gasteiger partial charge in [-0.25, -0.2) is 21.6 Å². The van der Waals surface area contributed by atoms with Crippen LogP contribution in [0.5, 0.6) is 5.75 Å². The van der Waals surface area contributed by atoms with Crippen molar-refractivity contribution in [2.24, 2.45) is 0 Å². The van der Waals surface area contributed by atoms with E-state index in [9.17, 15) is 16.8 Å². The van der Waals surface area contributed by atoms with Crippen molar-refractivity contribution in [2.75, 3.05) is 30.2 Å². The number of sulfonamides is 1. The molecule has 0 unspecified atom stereocenters. The molecule has 0 atom stereocenters. The molecule has 0 aliphatic carbocycles. The van der Waals surface area contributed by atoms with Gasteiger partial charge in [0.25, 0.3) is 0 Å². The molecule has 1 aromatic rings. The molecule has 0 aromatic heterocycles. The topological polar surface area (TPSA) is 116 Å². The predicted octanol–water partition coefficient (Wildman–Crippen LogP) is -0.431. The van der Waals surface area contributed by atoms with Crippen molar-refractivity contribution < 1.29 is 21.6 Å². The van der Waals surface area contributed by atoms with Crippen LogP contribution in [0.15, 0.2) is 24.3 Å². The van der Waals surface area contributed by atoms with Crippen LogP contribution >= 0.6 is 0 Å². The summed E-state index contributed by atoms with van der Waals surface area (Å²) in [5, 5.41) is -0.937. The third kappa shape index (κ3) is 6.41. The molecule has 0 fully saturated rings. The van der Waals surface area contributed by atoms with E-state index in [1.807, 2.05) is 0 Å². The highest BCUT2D eigenvalue weighted by molar-refractivity contribution is 8.06. The SMILES string of the molecule is CS(=O)(=O)CS(=O)(=O)NCCOc1ccccc1N. The fourth-order valence-electron chi connectivity index (χ4n) is 1.29. The standard InChI is InChI=1S/C10H16N2O5S2/c1-18(13,14)8-19(15,16)12-6-7-17-10-5-3-2-4-9(10)11/h2-5,12H,6-8,11H2,1H3. The summed E-state index contributed by atoms with van der Waals surface area (Å²) in [6.45, 7) is 0.0173. The number of rotatable bonds is 7. The molecule has 0 bridgehead atoms. The Morgan fingerprint density at radius 3 is 2.42 bits per heavy atom. The molecule has 0 saturated heterocycles. The maximum atomic E-state index is 11.4. The summed E-state index contributed by atoms with van der Waals surface area (Å²) in [4.78, 5) is 0. The Morgan fingerprint density at radius 1 is 1.21 bits per heavy atom. The molecule has 0 saturated carbocycles. The average molecular weight is 308 g/mol. The Kier molecular flexibility index (Phi) is 5.15. The first-order valence-electron chi connectivity index (χ1n) is 5.32. The van der Waals surface area contributed by atoms with Gasteiger partial charge in [0, 0.05) is 12.8 Å². The van der Waals surface area contributed by atoms with Gasteiger partial charge in [-0.05, 0) is 12.1 Å². The highest BCUT2D eigenvalue weighted by Crippen LogP contribution is 2.19. The Labute approximate surface area is 112 Å². The highest BCUT2D eigenvalue weighted by Gasteiger charge is 2.17. The van der Waals surface area contributed by atoms with Crippen molar-refractivity contribution in [1.82, 2.24) is 4.72 Å². The minimum absolute atomic E-state index is 0.0355. The van der Waals surface area contributed by atoms with Gasteiger partial charge in [0.1, 0.15) is 12.4 Å². The average Bonchev–Trinajstić information content (AvgIpc) is 2.23. The molecule has 0 heterocycles. The smallest absolute Gasteiger partial charge is 0.226 e. The van der Waals surface area contributed by atoms with E-state index in [1.54, 1.807) is 24.3 Å². The van der Waals surface area contributed by atoms with Crippen LogP contribution in [0.3, 0.4) is 0 Å². The van der Waals surface area contributed by atoms with Crippen LogP contribution in [0.4, 0.5) is 5.69 Å². The minimum Gasteiger partial charge on any atom is -0.490 e. The zero-order valence-corrected chi connectivity index (χ0v) is 12.0. The number of nitrogens with two attached hydrogens (primary N) is 1. The Bertz CT molecular complexity index is 625. The monoisotopic (exact) mass is 308 g/mol. The molecule has 0 spiro atoms. The number of para-hydroxylation sites is 2. The normalized spacial score (nSPS) is 12.3. The van der Waals surface area contributed by atoms with Crippen LogP contribution in [-0.2, 0) is 19.9 Å². The van der Waals surface area contributed by atoms with Gasteiger partial charge in [0.05, 0.1) is 5.69 Å². The van der Waals surface area contributed by atoms with E-state index >= 15 is 0 Å². The molecule has 9 heteroatoms. The van der Waals surface area contributed by atoms with E-state index in [-0.39, 0.29) is 13.2 Å². The largest absolute Gasteiger partial charge is 0.490 e. The molecule has 0 aliphatic heterocycles. The second kappa shape index (κ2) is 6.22. The summed E-state index contributed by atoms with van der Waals surface area (Å²) in [6.07, 6.45) is 0.855. The minimum atomic E-state index is -3.85. The van der Waals surface area contributed by atoms with Gasteiger partial charge in [0.2, 0.25) is 10.0 Å². The summed E-state index contributed by atoms with van der Waals surface area (Å²) < 4.78 is 51.9. The van der Waals surface area contributed by atoms with Gasteiger partial charge in [-0.2, -0.15) is 0 Å². The lowest BCUT2D eigenvalue weighted by Gasteiger charge is -2.09. The molecule has 0 radical (unpaired) electrons. The molecular formula is C10H16N2O5S2. The van der Waals surface area contributed by atoms with Crippen LogP contribution in [-0.4, -0.2) is 41.3 Å². The van der Waals surface area contributed by atoms with E-state index in [0.717, 1.165) is 6.26 Å². The number of anilines is 1. The molecule has 1 aromatic carbocycles. The summed E-state index contributed by atoms with van der Waals surface area (Å²) in [6, 6.07) is 6.79. The first-order valence-corrected chi connectivity index (χ1v) is 9.03. The fraction of sp³-hybridized carbons (Fsp3) is 0.400. The maximum Gasteiger partial charge on any atom is 0.226 e. The molecule has 0 aliphatic rings. The van der Waals surface area contributed by atoms with E-state index in [4.69, 9.17) is 10.5 Å². The summed E-state index contributed by atoms with van der Waals surface area (Å²) >= 11 is 0. The first-order chi connectivity index (χ1) is 8.70. The zero-order chi connectivity index (χ0) is 14.5. The lowest BCUT2D eigenvalue weighted by Crippen LogP contribution is -2.32. The van der Waals surface area contributed by atoms with E-state index in [0.29, 0.717) is 11.4 Å². The van der Waals surface area contributed by atoms with Gasteiger partial charge in [0.15, 0.2) is 14.9 Å². The van der Waals surface area contributed by atoms with Gasteiger partial charge < -0.3 is 10.5 Å². The van der Waals surface area contributed by atoms with Crippen molar-refractivity contribution in [3.05, 3.63) is 24.3 Å². The second-order valence-corrected chi connectivity index (χ2v) is 8.25. The van der Waals surface area contributed by atoms with Gasteiger partial charge in [-0.3, -0.25) is 0 Å². The van der Waals surface area contributed by atoms with Crippen molar-refractivity contribution in [1.29, 1.82) is 0 Å². The van der Waals surface area contributed by atoms with Crippen molar-refractivity contribution in [2.45, 2.75) is 0 Å². The van der Waals surface area contributed by atoms with E-state index in [2.05, 4.69) is 4.72 Å². The summed E-state index contributed by atoms with van der Waals surface area (Å²) in [5.41, 5.74) is 6.07. The van der Waals surface area contributed by atoms with Crippen LogP contribution in [0.2, 0.25) is 0 Å². The van der Waals surface area contributed by atoms with Gasteiger partial charge in [-0.1, -0.05) is 12.1 Å². The first kappa shape index (κ1) is 15.7. The molecule has 108 valence electrons. The number of nitrogen functional groups attached to an aromatic ring is 1. The highest BCUT2D eigenvalue weighted by atomic mass is 32.3. The van der Waals surface area contributed by atoms with Crippen LogP contribution in [0.1, 0.15) is 0 Å². The van der Waals surface area contributed by atoms with E-state index < -0.39 is 24.9 Å². The second-order valence-electron chi connectivity index (χ2n) is 3.94. The Morgan fingerprint density at radius 2 is 1.84 bits per heavy atom. The lowest BCUT2D eigenvalue weighted by atomic mass is 10.3. The molecule has 3 N–H and O–H groups in total. The predicted molar refractivity (Wildman–Crippen MR) is 73.0 cm³/mol. The van der Waals surface area contributed by atoms with Crippen LogP contribution < -0.4 is 15.2 Å². The lowest BCUT2D eigenvalue weighted by molar-refractivity contribution is 0.324. The van der Waals surface area contributed by atoms with Crippen LogP contribution in [0.25, 0.3) is 0 Å². The number of benzene rings is 1. The third-order valence-electron chi connectivity index (χ3n) is 1.97. The maximum absolute atomic E-state index is 11.4. The van der Waals surface area contributed by atoms with Gasteiger partial charge >= 0.3 is 0 Å². The number of nitrogens with one attached hydrogen (secondary N) is 1. The Balaban J connectivity index is 2.42. The van der Waals surface area contributed by atoms with Crippen LogP contribution in [0, 0.1) is 0 Å². The van der Waals surface area contributed by atoms with Crippen molar-refractivity contribution in [3.63, 3.8) is 0 Å². The molecular weight excluding hydrogens is 292 g/mol. The molecule has 1 rings (SSSR count). The molecule has 0 amide bonds. The molecule has 7 nitrogen and oxygen atoms in total. The Hall–Kier alpha value is -1.32. The third-order valence-corrected chi connectivity index (χ3v) is 5.57. The zero-order valence-electron chi connectivity index (χ0n) is 10.4. The van der Waals surface area contributed by atoms with Crippen molar-refractivity contribution >= 4 is 25.5 Å². The summed E-state index contributed by atoms with van der Waals surface area (Å²) in [7, 11) is -7.44. The van der Waals surface area contributed by atoms with Crippen molar-refractivity contribution in [3.8, 4) is 5.75 Å². The number of ether oxygens (including phenoxy) is 1. The quantitative estimate of drug-likeness (QED) is 0.521.